The van der Waals surface area contributed by atoms with Gasteiger partial charge in [-0.3, -0.25) is 9.36 Å². The number of rotatable bonds is 2. The molecule has 0 amide bonds. The lowest BCUT2D eigenvalue weighted by atomic mass is 10.1. The van der Waals surface area contributed by atoms with E-state index in [-0.39, 0.29) is 22.4 Å². The van der Waals surface area contributed by atoms with E-state index < -0.39 is 0 Å². The SMILES string of the molecule is CC(C)C(C)n1cnc(Cl)c(N)c1=O. The Morgan fingerprint density at radius 3 is 2.57 bits per heavy atom. The number of aromatic nitrogens is 2. The van der Waals surface area contributed by atoms with Gasteiger partial charge < -0.3 is 5.73 Å². The number of hydrogen-bond acceptors (Lipinski definition) is 3. The van der Waals surface area contributed by atoms with Crippen molar-refractivity contribution in [2.75, 3.05) is 5.73 Å². The average Bonchev–Trinajstić information content (AvgIpc) is 2.13. The van der Waals surface area contributed by atoms with E-state index in [9.17, 15) is 4.79 Å². The highest BCUT2D eigenvalue weighted by atomic mass is 35.5. The van der Waals surface area contributed by atoms with Gasteiger partial charge in [-0.05, 0) is 12.8 Å². The monoisotopic (exact) mass is 215 g/mol. The molecule has 0 saturated heterocycles. The van der Waals surface area contributed by atoms with E-state index in [0.717, 1.165) is 0 Å². The summed E-state index contributed by atoms with van der Waals surface area (Å²) in [7, 11) is 0. The fourth-order valence-electron chi connectivity index (χ4n) is 1.07. The third kappa shape index (κ3) is 1.90. The third-order valence-corrected chi connectivity index (χ3v) is 2.69. The van der Waals surface area contributed by atoms with Gasteiger partial charge in [0.15, 0.2) is 5.15 Å². The van der Waals surface area contributed by atoms with Crippen LogP contribution in [0.2, 0.25) is 5.15 Å². The van der Waals surface area contributed by atoms with Gasteiger partial charge in [0, 0.05) is 6.04 Å². The number of nitrogens with zero attached hydrogens (tertiary/aromatic N) is 2. The van der Waals surface area contributed by atoms with Gasteiger partial charge in [-0.25, -0.2) is 4.98 Å². The van der Waals surface area contributed by atoms with Crippen LogP contribution < -0.4 is 11.3 Å². The van der Waals surface area contributed by atoms with Gasteiger partial charge in [-0.15, -0.1) is 0 Å². The van der Waals surface area contributed by atoms with Crippen molar-refractivity contribution in [3.8, 4) is 0 Å². The smallest absolute Gasteiger partial charge is 0.278 e. The van der Waals surface area contributed by atoms with Crippen LogP contribution in [-0.2, 0) is 0 Å². The molecule has 2 N–H and O–H groups in total. The molecule has 1 unspecified atom stereocenters. The van der Waals surface area contributed by atoms with E-state index in [1.807, 2.05) is 20.8 Å². The maximum atomic E-state index is 11.6. The molecule has 1 rings (SSSR count). The van der Waals surface area contributed by atoms with Crippen LogP contribution in [0.15, 0.2) is 11.1 Å². The molecule has 0 aliphatic carbocycles. The van der Waals surface area contributed by atoms with E-state index in [0.29, 0.717) is 5.92 Å². The summed E-state index contributed by atoms with van der Waals surface area (Å²) in [6.07, 6.45) is 1.44. The second-order valence-corrected chi connectivity index (χ2v) is 4.00. The zero-order chi connectivity index (χ0) is 10.9. The van der Waals surface area contributed by atoms with E-state index in [2.05, 4.69) is 4.98 Å². The Morgan fingerprint density at radius 1 is 1.50 bits per heavy atom. The van der Waals surface area contributed by atoms with Crippen molar-refractivity contribution in [2.24, 2.45) is 5.92 Å². The Labute approximate surface area is 87.7 Å². The zero-order valence-corrected chi connectivity index (χ0v) is 9.25. The number of nitrogens with two attached hydrogens (primary N) is 1. The lowest BCUT2D eigenvalue weighted by Crippen LogP contribution is -2.28. The second kappa shape index (κ2) is 4.00. The summed E-state index contributed by atoms with van der Waals surface area (Å²) in [4.78, 5) is 15.5. The van der Waals surface area contributed by atoms with Gasteiger partial charge in [0.25, 0.3) is 5.56 Å². The summed E-state index contributed by atoms with van der Waals surface area (Å²) in [5, 5.41) is 0.0715. The molecule has 0 radical (unpaired) electrons. The molecule has 4 nitrogen and oxygen atoms in total. The molecular formula is C9H14ClN3O. The molecule has 1 heterocycles. The summed E-state index contributed by atoms with van der Waals surface area (Å²) in [6, 6.07) is 0.0644. The molecule has 14 heavy (non-hydrogen) atoms. The van der Waals surface area contributed by atoms with Crippen LogP contribution in [0.4, 0.5) is 5.69 Å². The summed E-state index contributed by atoms with van der Waals surface area (Å²) >= 11 is 5.62. The van der Waals surface area contributed by atoms with Crippen molar-refractivity contribution in [3.63, 3.8) is 0 Å². The topological polar surface area (TPSA) is 60.9 Å². The van der Waals surface area contributed by atoms with E-state index in [1.54, 1.807) is 0 Å². The van der Waals surface area contributed by atoms with Crippen molar-refractivity contribution in [1.29, 1.82) is 0 Å². The molecule has 0 aromatic carbocycles. The maximum Gasteiger partial charge on any atom is 0.278 e. The lowest BCUT2D eigenvalue weighted by Gasteiger charge is -2.18. The molecule has 0 saturated carbocycles. The van der Waals surface area contributed by atoms with Crippen LogP contribution >= 0.6 is 11.6 Å². The quantitative estimate of drug-likeness (QED) is 0.764. The molecular weight excluding hydrogens is 202 g/mol. The number of anilines is 1. The van der Waals surface area contributed by atoms with Crippen molar-refractivity contribution in [2.45, 2.75) is 26.8 Å². The molecule has 0 spiro atoms. The van der Waals surface area contributed by atoms with Crippen molar-refractivity contribution >= 4 is 17.3 Å². The van der Waals surface area contributed by atoms with Crippen LogP contribution in [0, 0.1) is 5.92 Å². The van der Waals surface area contributed by atoms with Crippen molar-refractivity contribution in [3.05, 3.63) is 21.8 Å². The van der Waals surface area contributed by atoms with Gasteiger partial charge in [0.2, 0.25) is 0 Å². The molecule has 1 aromatic rings. The Kier molecular flexibility index (Phi) is 3.16. The third-order valence-electron chi connectivity index (χ3n) is 2.39. The van der Waals surface area contributed by atoms with E-state index in [1.165, 1.54) is 10.9 Å². The highest BCUT2D eigenvalue weighted by Crippen LogP contribution is 2.16. The molecule has 0 aliphatic rings. The predicted octanol–water partition coefficient (Wildman–Crippen LogP) is 1.70. The lowest BCUT2D eigenvalue weighted by molar-refractivity contribution is 0.395. The van der Waals surface area contributed by atoms with Crippen molar-refractivity contribution < 1.29 is 0 Å². The van der Waals surface area contributed by atoms with Crippen LogP contribution in [0.25, 0.3) is 0 Å². The van der Waals surface area contributed by atoms with Gasteiger partial charge in [-0.1, -0.05) is 25.4 Å². The molecule has 78 valence electrons. The summed E-state index contributed by atoms with van der Waals surface area (Å²) in [5.41, 5.74) is 5.24. The summed E-state index contributed by atoms with van der Waals surface area (Å²) < 4.78 is 1.51. The molecule has 0 fully saturated rings. The largest absolute Gasteiger partial charge is 0.392 e. The number of hydrogen-bond donors (Lipinski definition) is 1. The standard InChI is InChI=1S/C9H14ClN3O/c1-5(2)6(3)13-4-12-8(10)7(11)9(13)14/h4-6H,11H2,1-3H3. The molecule has 0 bridgehead atoms. The fraction of sp³-hybridized carbons (Fsp3) is 0.556. The molecule has 1 atom stereocenters. The predicted molar refractivity (Wildman–Crippen MR) is 57.5 cm³/mol. The maximum absolute atomic E-state index is 11.6. The minimum Gasteiger partial charge on any atom is -0.392 e. The van der Waals surface area contributed by atoms with Crippen LogP contribution in [0.1, 0.15) is 26.8 Å². The molecule has 1 aromatic heterocycles. The van der Waals surface area contributed by atoms with E-state index in [4.69, 9.17) is 17.3 Å². The Bertz CT molecular complexity index is 386. The second-order valence-electron chi connectivity index (χ2n) is 3.65. The first kappa shape index (κ1) is 11.0. The van der Waals surface area contributed by atoms with Gasteiger partial charge in [0.1, 0.15) is 5.69 Å². The first-order valence-electron chi connectivity index (χ1n) is 4.47. The normalized spacial score (nSPS) is 13.2. The average molecular weight is 216 g/mol. The Balaban J connectivity index is 3.25. The van der Waals surface area contributed by atoms with Gasteiger partial charge in [0.05, 0.1) is 6.33 Å². The number of nitrogen functional groups attached to an aromatic ring is 1. The molecule has 5 heteroatoms. The summed E-state index contributed by atoms with van der Waals surface area (Å²) in [5.74, 6) is 0.343. The van der Waals surface area contributed by atoms with Gasteiger partial charge >= 0.3 is 0 Å². The highest BCUT2D eigenvalue weighted by molar-refractivity contribution is 6.31. The number of halogens is 1. The molecule has 0 aliphatic heterocycles. The Hall–Kier alpha value is -1.03. The van der Waals surface area contributed by atoms with Crippen LogP contribution in [0.5, 0.6) is 0 Å². The van der Waals surface area contributed by atoms with Crippen LogP contribution in [0.3, 0.4) is 0 Å². The van der Waals surface area contributed by atoms with E-state index >= 15 is 0 Å². The highest BCUT2D eigenvalue weighted by Gasteiger charge is 2.13. The first-order valence-corrected chi connectivity index (χ1v) is 4.85. The first-order chi connectivity index (χ1) is 6.45. The van der Waals surface area contributed by atoms with Gasteiger partial charge in [-0.2, -0.15) is 0 Å². The zero-order valence-electron chi connectivity index (χ0n) is 8.49. The Morgan fingerprint density at radius 2 is 2.07 bits per heavy atom. The summed E-state index contributed by atoms with van der Waals surface area (Å²) in [6.45, 7) is 6.00. The minimum absolute atomic E-state index is 0.0154. The fourth-order valence-corrected chi connectivity index (χ4v) is 1.20. The van der Waals surface area contributed by atoms with Crippen molar-refractivity contribution in [1.82, 2.24) is 9.55 Å². The minimum atomic E-state index is -0.272. The van der Waals surface area contributed by atoms with Crippen LogP contribution in [-0.4, -0.2) is 9.55 Å².